The summed E-state index contributed by atoms with van der Waals surface area (Å²) in [5.74, 6) is 0. The Morgan fingerprint density at radius 1 is 0.500 bits per heavy atom. The first-order chi connectivity index (χ1) is 9.25. The van der Waals surface area contributed by atoms with Gasteiger partial charge in [0.05, 0.1) is 12.2 Å². The zero-order valence-corrected chi connectivity index (χ0v) is 11.3. The van der Waals surface area contributed by atoms with Crippen molar-refractivity contribution in [3.8, 4) is 0 Å². The fourth-order valence-corrected chi connectivity index (χ4v) is 2.71. The minimum absolute atomic E-state index is 0.770. The van der Waals surface area contributed by atoms with Gasteiger partial charge in [-0.15, -0.1) is 0 Å². The van der Waals surface area contributed by atoms with E-state index >= 15 is 0 Å². The average molecular weight is 294 g/mol. The van der Waals surface area contributed by atoms with Crippen molar-refractivity contribution in [3.63, 3.8) is 0 Å². The van der Waals surface area contributed by atoms with Gasteiger partial charge in [0.2, 0.25) is 0 Å². The van der Waals surface area contributed by atoms with E-state index in [1.165, 1.54) is 13.8 Å². The maximum absolute atomic E-state index is 9.96. The number of ether oxygens (including phenoxy) is 2. The van der Waals surface area contributed by atoms with E-state index in [1.54, 1.807) is 0 Å². The molecule has 2 aliphatic rings. The van der Waals surface area contributed by atoms with Crippen LogP contribution < -0.4 is 0 Å². The van der Waals surface area contributed by atoms with Crippen LogP contribution in [-0.4, -0.2) is 91.7 Å². The number of rotatable bonds is 1. The lowest BCUT2D eigenvalue weighted by Crippen LogP contribution is -2.67. The molecule has 2 saturated heterocycles. The smallest absolute Gasteiger partial charge is 0.115 e. The van der Waals surface area contributed by atoms with Gasteiger partial charge in [-0.1, -0.05) is 0 Å². The van der Waals surface area contributed by atoms with Crippen LogP contribution in [0.1, 0.15) is 13.8 Å². The van der Waals surface area contributed by atoms with Crippen LogP contribution >= 0.6 is 0 Å². The Kier molecular flexibility index (Phi) is 4.67. The molecule has 2 rings (SSSR count). The molecule has 0 saturated carbocycles. The molecule has 0 radical (unpaired) electrons. The van der Waals surface area contributed by atoms with Crippen LogP contribution in [0.25, 0.3) is 0 Å². The molecule has 0 aromatic carbocycles. The third-order valence-corrected chi connectivity index (χ3v) is 4.10. The van der Waals surface area contributed by atoms with E-state index < -0.39 is 61.0 Å². The molecule has 8 nitrogen and oxygen atoms in total. The first-order valence-corrected chi connectivity index (χ1v) is 6.65. The Bertz CT molecular complexity index is 307. The average Bonchev–Trinajstić information content (AvgIpc) is 2.42. The van der Waals surface area contributed by atoms with Crippen molar-refractivity contribution in [1.29, 1.82) is 0 Å². The van der Waals surface area contributed by atoms with Crippen molar-refractivity contribution >= 4 is 0 Å². The molecule has 2 fully saturated rings. The van der Waals surface area contributed by atoms with Crippen molar-refractivity contribution in [2.24, 2.45) is 0 Å². The van der Waals surface area contributed by atoms with Crippen LogP contribution in [-0.2, 0) is 9.47 Å². The maximum Gasteiger partial charge on any atom is 0.115 e. The Balaban J connectivity index is 2.17. The van der Waals surface area contributed by atoms with E-state index in [4.69, 9.17) is 9.47 Å². The highest BCUT2D eigenvalue weighted by Gasteiger charge is 2.52. The molecule has 0 bridgehead atoms. The molecule has 0 aromatic rings. The van der Waals surface area contributed by atoms with Gasteiger partial charge in [-0.2, -0.15) is 0 Å². The highest BCUT2D eigenvalue weighted by atomic mass is 16.6. The molecule has 6 N–H and O–H groups in total. The van der Waals surface area contributed by atoms with Crippen LogP contribution in [0.4, 0.5) is 0 Å². The highest BCUT2D eigenvalue weighted by molar-refractivity contribution is 5.01. The third-order valence-electron chi connectivity index (χ3n) is 4.10. The predicted molar refractivity (Wildman–Crippen MR) is 64.7 cm³/mol. The van der Waals surface area contributed by atoms with Gasteiger partial charge in [0.25, 0.3) is 0 Å². The van der Waals surface area contributed by atoms with Crippen LogP contribution in [0, 0.1) is 0 Å². The van der Waals surface area contributed by atoms with Crippen molar-refractivity contribution in [2.75, 3.05) is 0 Å². The second-order valence-electron chi connectivity index (χ2n) is 5.56. The SMILES string of the molecule is C[C@H]1OC(C2O[C@H](C)[C@H](O)[C@H](O)[C@H]2O)[C@H](O)[C@@H](O)[C@H]1O. The molecule has 2 aliphatic heterocycles. The Hall–Kier alpha value is -0.320. The summed E-state index contributed by atoms with van der Waals surface area (Å²) in [5, 5.41) is 58.7. The molecule has 2 heterocycles. The number of aliphatic hydroxyl groups is 6. The zero-order valence-electron chi connectivity index (χ0n) is 11.3. The largest absolute Gasteiger partial charge is 0.388 e. The van der Waals surface area contributed by atoms with Gasteiger partial charge < -0.3 is 40.1 Å². The van der Waals surface area contributed by atoms with E-state index in [-0.39, 0.29) is 0 Å². The summed E-state index contributed by atoms with van der Waals surface area (Å²) >= 11 is 0. The summed E-state index contributed by atoms with van der Waals surface area (Å²) in [6.07, 6.45) is -12.1. The topological polar surface area (TPSA) is 140 Å². The zero-order chi connectivity index (χ0) is 15.2. The van der Waals surface area contributed by atoms with Crippen molar-refractivity contribution in [3.05, 3.63) is 0 Å². The Morgan fingerprint density at radius 3 is 1.10 bits per heavy atom. The predicted octanol–water partition coefficient (Wildman–Crippen LogP) is -3.27. The molecular formula is C12H22O8. The molecule has 2 unspecified atom stereocenters. The van der Waals surface area contributed by atoms with E-state index in [1.807, 2.05) is 0 Å². The number of hydrogen-bond donors (Lipinski definition) is 6. The Labute approximate surface area is 116 Å². The number of aliphatic hydroxyl groups excluding tert-OH is 6. The van der Waals surface area contributed by atoms with Gasteiger partial charge >= 0.3 is 0 Å². The second-order valence-corrected chi connectivity index (χ2v) is 5.56. The molecule has 0 amide bonds. The molecule has 118 valence electrons. The van der Waals surface area contributed by atoms with Gasteiger partial charge in [-0.25, -0.2) is 0 Å². The lowest BCUT2D eigenvalue weighted by molar-refractivity contribution is -0.292. The van der Waals surface area contributed by atoms with E-state index in [2.05, 4.69) is 0 Å². The minimum Gasteiger partial charge on any atom is -0.388 e. The summed E-state index contributed by atoms with van der Waals surface area (Å²) in [6, 6.07) is 0. The van der Waals surface area contributed by atoms with Crippen LogP contribution in [0.3, 0.4) is 0 Å². The quantitative estimate of drug-likeness (QED) is 0.296. The monoisotopic (exact) mass is 294 g/mol. The van der Waals surface area contributed by atoms with E-state index in [0.29, 0.717) is 0 Å². The lowest BCUT2D eigenvalue weighted by Gasteiger charge is -2.47. The molecule has 20 heavy (non-hydrogen) atoms. The van der Waals surface area contributed by atoms with Crippen molar-refractivity contribution in [2.45, 2.75) is 74.9 Å². The highest BCUT2D eigenvalue weighted by Crippen LogP contribution is 2.30. The molecular weight excluding hydrogens is 272 g/mol. The van der Waals surface area contributed by atoms with E-state index in [9.17, 15) is 30.6 Å². The maximum atomic E-state index is 9.96. The van der Waals surface area contributed by atoms with Crippen LogP contribution in [0.5, 0.6) is 0 Å². The summed E-state index contributed by atoms with van der Waals surface area (Å²) < 4.78 is 10.8. The van der Waals surface area contributed by atoms with Crippen molar-refractivity contribution in [1.82, 2.24) is 0 Å². The molecule has 0 aliphatic carbocycles. The summed E-state index contributed by atoms with van der Waals surface area (Å²) in [7, 11) is 0. The van der Waals surface area contributed by atoms with Gasteiger partial charge in [0.15, 0.2) is 0 Å². The van der Waals surface area contributed by atoms with Crippen molar-refractivity contribution < 1.29 is 40.1 Å². The van der Waals surface area contributed by atoms with Crippen LogP contribution in [0.2, 0.25) is 0 Å². The van der Waals surface area contributed by atoms with Crippen LogP contribution in [0.15, 0.2) is 0 Å². The van der Waals surface area contributed by atoms with E-state index in [0.717, 1.165) is 0 Å². The fourth-order valence-electron chi connectivity index (χ4n) is 2.71. The fraction of sp³-hybridized carbons (Fsp3) is 1.00. The van der Waals surface area contributed by atoms with Gasteiger partial charge in [-0.3, -0.25) is 0 Å². The van der Waals surface area contributed by atoms with Gasteiger partial charge in [0, 0.05) is 0 Å². The third kappa shape index (κ3) is 2.58. The summed E-state index contributed by atoms with van der Waals surface area (Å²) in [6.45, 7) is 3.02. The summed E-state index contributed by atoms with van der Waals surface area (Å²) in [4.78, 5) is 0. The van der Waals surface area contributed by atoms with Gasteiger partial charge in [0.1, 0.15) is 48.8 Å². The standard InChI is InChI=1S/C12H22O8/c1-3-5(13)7(15)9(17)11(19-3)12-10(18)8(16)6(14)4(2)20-12/h3-18H,1-2H3/t3-,4-,5+,6+,7+,8+,9-,10-,11?,12?/m1/s1. The summed E-state index contributed by atoms with van der Waals surface area (Å²) in [5.41, 5.74) is 0. The first kappa shape index (κ1) is 16.1. The number of hydrogen-bond acceptors (Lipinski definition) is 8. The molecule has 0 spiro atoms. The normalized spacial score (nSPS) is 57.6. The second kappa shape index (κ2) is 5.82. The molecule has 8 heteroatoms. The molecule has 0 aromatic heterocycles. The van der Waals surface area contributed by atoms with Gasteiger partial charge in [-0.05, 0) is 13.8 Å². The lowest BCUT2D eigenvalue weighted by atomic mass is 9.86. The first-order valence-electron chi connectivity index (χ1n) is 6.65. The molecule has 10 atom stereocenters. The Morgan fingerprint density at radius 2 is 0.800 bits per heavy atom. The minimum atomic E-state index is -1.48.